The predicted molar refractivity (Wildman–Crippen MR) is 116 cm³/mol. The second kappa shape index (κ2) is 7.54. The molecule has 1 heterocycles. The van der Waals surface area contributed by atoms with Crippen molar-refractivity contribution in [2.75, 3.05) is 10.6 Å². The van der Waals surface area contributed by atoms with Crippen LogP contribution in [0.1, 0.15) is 27.9 Å². The molecule has 0 unspecified atom stereocenters. The number of hydrogen-bond donors (Lipinski definition) is 2. The zero-order chi connectivity index (χ0) is 19.6. The Bertz CT molecular complexity index is 1010. The Morgan fingerprint density at radius 3 is 2.22 bits per heavy atom. The molecule has 138 valence electrons. The second-order valence-corrected chi connectivity index (χ2v) is 6.77. The highest BCUT2D eigenvalue weighted by atomic mass is 15.3. The van der Waals surface area contributed by atoms with Crippen LogP contribution in [0.2, 0.25) is 0 Å². The quantitative estimate of drug-likeness (QED) is 0.610. The molecule has 2 N–H and O–H groups in total. The number of aryl methyl sites for hydroxylation is 2. The Balaban J connectivity index is 1.82. The first-order valence-corrected chi connectivity index (χ1v) is 8.95. The fourth-order valence-corrected chi connectivity index (χ4v) is 3.12. The standard InChI is InChI=1S/C23H26N4/c1-15-9-7-8-10-21(15)25-18(4)20-11-12-22(17(3)16(20)2)26-19(5)23-13-14-24-27(23)6/h7-14,25-26H,4-5H2,1-3,6H3. The Morgan fingerprint density at radius 1 is 0.852 bits per heavy atom. The molecule has 0 aliphatic heterocycles. The molecule has 0 radical (unpaired) electrons. The summed E-state index contributed by atoms with van der Waals surface area (Å²) in [5.41, 5.74) is 9.43. The third-order valence-corrected chi connectivity index (χ3v) is 4.96. The van der Waals surface area contributed by atoms with Crippen LogP contribution in [0.3, 0.4) is 0 Å². The average Bonchev–Trinajstić information content (AvgIpc) is 3.07. The maximum Gasteiger partial charge on any atom is 0.0835 e. The molecule has 0 aliphatic carbocycles. The van der Waals surface area contributed by atoms with E-state index in [1.54, 1.807) is 10.9 Å². The summed E-state index contributed by atoms with van der Waals surface area (Å²) in [6.07, 6.45) is 1.77. The fraction of sp³-hybridized carbons (Fsp3) is 0.174. The fourth-order valence-electron chi connectivity index (χ4n) is 3.12. The van der Waals surface area contributed by atoms with Crippen LogP contribution in [0, 0.1) is 20.8 Å². The summed E-state index contributed by atoms with van der Waals surface area (Å²) < 4.78 is 1.81. The zero-order valence-corrected chi connectivity index (χ0v) is 16.4. The van der Waals surface area contributed by atoms with Gasteiger partial charge in [-0.2, -0.15) is 5.10 Å². The van der Waals surface area contributed by atoms with Crippen molar-refractivity contribution in [2.24, 2.45) is 7.05 Å². The summed E-state index contributed by atoms with van der Waals surface area (Å²) in [5, 5.41) is 11.1. The van der Waals surface area contributed by atoms with Crippen molar-refractivity contribution in [1.82, 2.24) is 9.78 Å². The molecular formula is C23H26N4. The van der Waals surface area contributed by atoms with Gasteiger partial charge in [0.2, 0.25) is 0 Å². The van der Waals surface area contributed by atoms with Crippen LogP contribution in [0.25, 0.3) is 11.4 Å². The molecule has 0 amide bonds. The molecule has 0 bridgehead atoms. The van der Waals surface area contributed by atoms with Gasteiger partial charge in [0.05, 0.1) is 11.4 Å². The predicted octanol–water partition coefficient (Wildman–Crippen LogP) is 5.51. The van der Waals surface area contributed by atoms with Crippen molar-refractivity contribution in [1.29, 1.82) is 0 Å². The van der Waals surface area contributed by atoms with Crippen molar-refractivity contribution in [2.45, 2.75) is 20.8 Å². The molecule has 3 rings (SSSR count). The van der Waals surface area contributed by atoms with Crippen LogP contribution in [0.5, 0.6) is 0 Å². The average molecular weight is 358 g/mol. The topological polar surface area (TPSA) is 41.9 Å². The Kier molecular flexibility index (Phi) is 5.17. The van der Waals surface area contributed by atoms with Gasteiger partial charge in [0.15, 0.2) is 0 Å². The SMILES string of the molecule is C=C(Nc1ccccc1C)c1ccc(NC(=C)c2ccnn2C)c(C)c1C. The van der Waals surface area contributed by atoms with Crippen LogP contribution < -0.4 is 10.6 Å². The van der Waals surface area contributed by atoms with Gasteiger partial charge in [-0.15, -0.1) is 0 Å². The first-order chi connectivity index (χ1) is 12.9. The Morgan fingerprint density at radius 2 is 1.56 bits per heavy atom. The molecule has 0 spiro atoms. The molecule has 1 aromatic heterocycles. The van der Waals surface area contributed by atoms with Crippen LogP contribution >= 0.6 is 0 Å². The van der Waals surface area contributed by atoms with Gasteiger partial charge in [0, 0.05) is 35.9 Å². The third-order valence-electron chi connectivity index (χ3n) is 4.96. The van der Waals surface area contributed by atoms with E-state index in [0.717, 1.165) is 34.0 Å². The van der Waals surface area contributed by atoms with Crippen LogP contribution in [0.15, 0.2) is 61.8 Å². The molecular weight excluding hydrogens is 332 g/mol. The van der Waals surface area contributed by atoms with E-state index < -0.39 is 0 Å². The van der Waals surface area contributed by atoms with Gasteiger partial charge >= 0.3 is 0 Å². The van der Waals surface area contributed by atoms with Gasteiger partial charge in [-0.3, -0.25) is 4.68 Å². The maximum atomic E-state index is 4.25. The van der Waals surface area contributed by atoms with Crippen molar-refractivity contribution < 1.29 is 0 Å². The largest absolute Gasteiger partial charge is 0.355 e. The maximum absolute atomic E-state index is 4.25. The molecule has 3 aromatic rings. The highest BCUT2D eigenvalue weighted by Gasteiger charge is 2.12. The van der Waals surface area contributed by atoms with Crippen molar-refractivity contribution in [3.05, 3.63) is 89.8 Å². The molecule has 0 atom stereocenters. The zero-order valence-electron chi connectivity index (χ0n) is 16.4. The van der Waals surface area contributed by atoms with E-state index in [1.807, 2.05) is 25.2 Å². The molecule has 0 fully saturated rings. The van der Waals surface area contributed by atoms with Crippen LogP contribution in [-0.4, -0.2) is 9.78 Å². The molecule has 4 heteroatoms. The Hall–Kier alpha value is -3.27. The van der Waals surface area contributed by atoms with E-state index in [2.05, 4.69) is 73.9 Å². The van der Waals surface area contributed by atoms with Crippen molar-refractivity contribution in [3.8, 4) is 0 Å². The molecule has 0 saturated heterocycles. The number of nitrogens with zero attached hydrogens (tertiary/aromatic N) is 2. The van der Waals surface area contributed by atoms with Crippen molar-refractivity contribution >= 4 is 22.8 Å². The summed E-state index contributed by atoms with van der Waals surface area (Å²) >= 11 is 0. The second-order valence-electron chi connectivity index (χ2n) is 6.77. The highest BCUT2D eigenvalue weighted by molar-refractivity contribution is 5.82. The summed E-state index contributed by atoms with van der Waals surface area (Å²) in [6, 6.07) is 14.3. The molecule has 4 nitrogen and oxygen atoms in total. The Labute approximate surface area is 161 Å². The summed E-state index contributed by atoms with van der Waals surface area (Å²) in [6.45, 7) is 14.7. The normalized spacial score (nSPS) is 10.5. The number of aromatic nitrogens is 2. The van der Waals surface area contributed by atoms with E-state index >= 15 is 0 Å². The lowest BCUT2D eigenvalue weighted by Gasteiger charge is -2.19. The number of para-hydroxylation sites is 1. The van der Waals surface area contributed by atoms with Crippen molar-refractivity contribution in [3.63, 3.8) is 0 Å². The van der Waals surface area contributed by atoms with E-state index in [4.69, 9.17) is 0 Å². The first-order valence-electron chi connectivity index (χ1n) is 8.95. The van der Waals surface area contributed by atoms with Gasteiger partial charge in [-0.05, 0) is 55.7 Å². The number of nitrogens with one attached hydrogen (secondary N) is 2. The summed E-state index contributed by atoms with van der Waals surface area (Å²) in [4.78, 5) is 0. The lowest BCUT2D eigenvalue weighted by atomic mass is 9.99. The van der Waals surface area contributed by atoms with Gasteiger partial charge in [-0.25, -0.2) is 0 Å². The van der Waals surface area contributed by atoms with E-state index in [0.29, 0.717) is 0 Å². The molecule has 27 heavy (non-hydrogen) atoms. The molecule has 0 saturated carbocycles. The number of benzene rings is 2. The van der Waals surface area contributed by atoms with Gasteiger partial charge in [-0.1, -0.05) is 37.4 Å². The molecule has 2 aromatic carbocycles. The number of anilines is 2. The highest BCUT2D eigenvalue weighted by Crippen LogP contribution is 2.29. The van der Waals surface area contributed by atoms with Gasteiger partial charge in [0.25, 0.3) is 0 Å². The minimum atomic E-state index is 0.821. The van der Waals surface area contributed by atoms with E-state index in [-0.39, 0.29) is 0 Å². The number of rotatable bonds is 6. The van der Waals surface area contributed by atoms with Crippen LogP contribution in [0.4, 0.5) is 11.4 Å². The number of hydrogen-bond acceptors (Lipinski definition) is 3. The van der Waals surface area contributed by atoms with Crippen LogP contribution in [-0.2, 0) is 7.05 Å². The molecule has 0 aliphatic rings. The van der Waals surface area contributed by atoms with Gasteiger partial charge in [0.1, 0.15) is 0 Å². The van der Waals surface area contributed by atoms with Gasteiger partial charge < -0.3 is 10.6 Å². The monoisotopic (exact) mass is 358 g/mol. The summed E-state index contributed by atoms with van der Waals surface area (Å²) in [5.74, 6) is 0. The lowest BCUT2D eigenvalue weighted by Crippen LogP contribution is -2.07. The minimum Gasteiger partial charge on any atom is -0.355 e. The minimum absolute atomic E-state index is 0.821. The van der Waals surface area contributed by atoms with E-state index in [9.17, 15) is 0 Å². The lowest BCUT2D eigenvalue weighted by molar-refractivity contribution is 0.756. The summed E-state index contributed by atoms with van der Waals surface area (Å²) in [7, 11) is 1.91. The third kappa shape index (κ3) is 3.80. The first kappa shape index (κ1) is 18.5. The smallest absolute Gasteiger partial charge is 0.0835 e. The van der Waals surface area contributed by atoms with E-state index in [1.165, 1.54) is 16.7 Å².